The Morgan fingerprint density at radius 2 is 2.06 bits per heavy atom. The number of benzene rings is 1. The van der Waals surface area contributed by atoms with E-state index in [0.29, 0.717) is 10.9 Å². The predicted octanol–water partition coefficient (Wildman–Crippen LogP) is 5.42. The third-order valence-corrected chi connectivity index (χ3v) is 8.35. The van der Waals surface area contributed by atoms with Crippen molar-refractivity contribution in [3.05, 3.63) is 45.1 Å². The molecule has 1 aromatic carbocycles. The first kappa shape index (κ1) is 22.5. The highest BCUT2D eigenvalue weighted by Crippen LogP contribution is 2.50. The van der Waals surface area contributed by atoms with Crippen LogP contribution in [0.15, 0.2) is 6.07 Å². The summed E-state index contributed by atoms with van der Waals surface area (Å²) in [4.78, 5) is 12.4. The van der Waals surface area contributed by atoms with Crippen LogP contribution in [0.2, 0.25) is 5.02 Å². The van der Waals surface area contributed by atoms with Gasteiger partial charge in [-0.1, -0.05) is 18.5 Å². The second-order valence-electron chi connectivity index (χ2n) is 9.95. The maximum absolute atomic E-state index is 15.5. The molecule has 1 aromatic heterocycles. The standard InChI is InChI=1S/C27H32ClFN4/c1-3-17-7-6-13-33(14-10-17)26-19-9-12-27(16-22(19)31-23(4-2)32-26)11-5-8-18-20(28)15-21(30)25(29)24(18)27/h1,15,17H,4-14,16,30H2,2H3. The third kappa shape index (κ3) is 3.87. The van der Waals surface area contributed by atoms with Gasteiger partial charge in [-0.2, -0.15) is 0 Å². The van der Waals surface area contributed by atoms with Gasteiger partial charge in [0.2, 0.25) is 0 Å². The molecule has 5 rings (SSSR count). The van der Waals surface area contributed by atoms with Gasteiger partial charge in [-0.05, 0) is 69.4 Å². The van der Waals surface area contributed by atoms with Crippen molar-refractivity contribution < 1.29 is 4.39 Å². The van der Waals surface area contributed by atoms with Gasteiger partial charge in [0.15, 0.2) is 0 Å². The number of fused-ring (bicyclic) bond motifs is 3. The van der Waals surface area contributed by atoms with Crippen molar-refractivity contribution in [2.24, 2.45) is 5.92 Å². The zero-order valence-electron chi connectivity index (χ0n) is 19.4. The van der Waals surface area contributed by atoms with Gasteiger partial charge in [0.05, 0.1) is 11.4 Å². The number of terminal acetylenes is 1. The highest BCUT2D eigenvalue weighted by Gasteiger charge is 2.44. The lowest BCUT2D eigenvalue weighted by atomic mass is 9.62. The van der Waals surface area contributed by atoms with Crippen molar-refractivity contribution in [1.29, 1.82) is 0 Å². The smallest absolute Gasteiger partial charge is 0.150 e. The number of aryl methyl sites for hydroxylation is 1. The summed E-state index contributed by atoms with van der Waals surface area (Å²) in [6.07, 6.45) is 14.8. The Morgan fingerprint density at radius 1 is 1.21 bits per heavy atom. The van der Waals surface area contributed by atoms with Crippen LogP contribution in [-0.2, 0) is 31.1 Å². The Balaban J connectivity index is 1.57. The molecule has 2 aliphatic carbocycles. The normalized spacial score (nSPS) is 24.7. The number of rotatable bonds is 2. The fourth-order valence-corrected chi connectivity index (χ4v) is 6.58. The molecule has 2 aromatic rings. The average Bonchev–Trinajstić information content (AvgIpc) is 3.07. The van der Waals surface area contributed by atoms with E-state index in [0.717, 1.165) is 106 Å². The van der Waals surface area contributed by atoms with Gasteiger partial charge in [0.1, 0.15) is 17.5 Å². The predicted molar refractivity (Wildman–Crippen MR) is 132 cm³/mol. The minimum atomic E-state index is -0.298. The minimum Gasteiger partial charge on any atom is -0.396 e. The summed E-state index contributed by atoms with van der Waals surface area (Å²) in [5.74, 6) is 4.95. The molecule has 0 saturated carbocycles. The van der Waals surface area contributed by atoms with Crippen LogP contribution in [0.1, 0.15) is 73.7 Å². The summed E-state index contributed by atoms with van der Waals surface area (Å²) in [6.45, 7) is 3.99. The zero-order chi connectivity index (χ0) is 23.2. The second kappa shape index (κ2) is 8.80. The molecule has 2 heterocycles. The zero-order valence-corrected chi connectivity index (χ0v) is 20.1. The van der Waals surface area contributed by atoms with E-state index in [4.69, 9.17) is 33.7 Å². The van der Waals surface area contributed by atoms with Gasteiger partial charge in [-0.15, -0.1) is 12.3 Å². The SMILES string of the molecule is C#CC1CCCN(c2nc(CC)nc3c2CCC2(CCCc4c(Cl)cc(N)c(F)c42)C3)CC1. The quantitative estimate of drug-likeness (QED) is 0.474. The summed E-state index contributed by atoms with van der Waals surface area (Å²) in [5, 5.41) is 0.596. The molecule has 0 bridgehead atoms. The van der Waals surface area contributed by atoms with Crippen molar-refractivity contribution in [2.45, 2.75) is 76.5 Å². The van der Waals surface area contributed by atoms with Crippen molar-refractivity contribution in [2.75, 3.05) is 23.7 Å². The molecule has 2 N–H and O–H groups in total. The van der Waals surface area contributed by atoms with Crippen LogP contribution in [0.25, 0.3) is 0 Å². The summed E-state index contributed by atoms with van der Waals surface area (Å²) in [5.41, 5.74) is 9.88. The number of nitrogens with zero attached hydrogens (tertiary/aromatic N) is 3. The molecular weight excluding hydrogens is 435 g/mol. The van der Waals surface area contributed by atoms with Crippen LogP contribution in [0.4, 0.5) is 15.9 Å². The molecule has 6 heteroatoms. The lowest BCUT2D eigenvalue weighted by Gasteiger charge is -2.43. The Hall–Kier alpha value is -2.32. The molecule has 33 heavy (non-hydrogen) atoms. The number of hydrogen-bond donors (Lipinski definition) is 1. The number of nitrogens with two attached hydrogens (primary N) is 1. The van der Waals surface area contributed by atoms with E-state index in [1.165, 1.54) is 5.56 Å². The second-order valence-corrected chi connectivity index (χ2v) is 10.4. The summed E-state index contributed by atoms with van der Waals surface area (Å²) < 4.78 is 15.5. The van der Waals surface area contributed by atoms with Gasteiger partial charge in [-0.25, -0.2) is 14.4 Å². The van der Waals surface area contributed by atoms with Gasteiger partial charge in [0, 0.05) is 47.0 Å². The largest absolute Gasteiger partial charge is 0.396 e. The monoisotopic (exact) mass is 466 g/mol. The van der Waals surface area contributed by atoms with Gasteiger partial charge in [-0.3, -0.25) is 0 Å². The number of aromatic nitrogens is 2. The lowest BCUT2D eigenvalue weighted by molar-refractivity contribution is 0.300. The van der Waals surface area contributed by atoms with E-state index in [9.17, 15) is 0 Å². The summed E-state index contributed by atoms with van der Waals surface area (Å²) in [7, 11) is 0. The van der Waals surface area contributed by atoms with Crippen LogP contribution >= 0.6 is 11.6 Å². The lowest BCUT2D eigenvalue weighted by Crippen LogP contribution is -2.40. The molecule has 1 fully saturated rings. The van der Waals surface area contributed by atoms with Crippen molar-refractivity contribution >= 4 is 23.1 Å². The maximum Gasteiger partial charge on any atom is 0.150 e. The fraction of sp³-hybridized carbons (Fsp3) is 0.556. The molecule has 3 aliphatic rings. The van der Waals surface area contributed by atoms with Crippen LogP contribution in [0.5, 0.6) is 0 Å². The van der Waals surface area contributed by atoms with Crippen LogP contribution in [0.3, 0.4) is 0 Å². The first-order chi connectivity index (χ1) is 16.0. The molecule has 174 valence electrons. The summed E-state index contributed by atoms with van der Waals surface area (Å²) >= 11 is 6.54. The number of nitrogen functional groups attached to an aromatic ring is 1. The molecule has 0 amide bonds. The van der Waals surface area contributed by atoms with E-state index in [1.807, 2.05) is 0 Å². The maximum atomic E-state index is 15.5. The highest BCUT2D eigenvalue weighted by molar-refractivity contribution is 6.31. The van der Waals surface area contributed by atoms with Crippen LogP contribution in [0, 0.1) is 24.1 Å². The molecule has 2 atom stereocenters. The average molecular weight is 467 g/mol. The van der Waals surface area contributed by atoms with Gasteiger partial charge in [0.25, 0.3) is 0 Å². The number of hydrogen-bond acceptors (Lipinski definition) is 4. The molecule has 1 saturated heterocycles. The highest BCUT2D eigenvalue weighted by atomic mass is 35.5. The van der Waals surface area contributed by atoms with Crippen molar-refractivity contribution in [1.82, 2.24) is 9.97 Å². The van der Waals surface area contributed by atoms with Crippen LogP contribution in [-0.4, -0.2) is 23.1 Å². The van der Waals surface area contributed by atoms with Gasteiger partial charge < -0.3 is 10.6 Å². The number of anilines is 2. The fourth-order valence-electron chi connectivity index (χ4n) is 6.27. The molecule has 1 spiro atoms. The van der Waals surface area contributed by atoms with E-state index in [2.05, 4.69) is 17.7 Å². The number of halogens is 2. The first-order valence-corrected chi connectivity index (χ1v) is 12.7. The minimum absolute atomic E-state index is 0.149. The molecule has 4 nitrogen and oxygen atoms in total. The Morgan fingerprint density at radius 3 is 2.85 bits per heavy atom. The molecular formula is C27H32ClFN4. The Kier molecular flexibility index (Phi) is 5.99. The summed E-state index contributed by atoms with van der Waals surface area (Å²) in [6, 6.07) is 1.57. The van der Waals surface area contributed by atoms with Gasteiger partial charge >= 0.3 is 0 Å². The molecule has 1 aliphatic heterocycles. The molecule has 0 radical (unpaired) electrons. The van der Waals surface area contributed by atoms with Crippen molar-refractivity contribution in [3.8, 4) is 12.3 Å². The Bertz CT molecular complexity index is 1120. The van der Waals surface area contributed by atoms with E-state index < -0.39 is 0 Å². The van der Waals surface area contributed by atoms with Crippen LogP contribution < -0.4 is 10.6 Å². The first-order valence-electron chi connectivity index (χ1n) is 12.3. The van der Waals surface area contributed by atoms with E-state index in [1.54, 1.807) is 6.07 Å². The molecule has 2 unspecified atom stereocenters. The third-order valence-electron chi connectivity index (χ3n) is 8.01. The van der Waals surface area contributed by atoms with E-state index in [-0.39, 0.29) is 16.9 Å². The van der Waals surface area contributed by atoms with Crippen molar-refractivity contribution in [3.63, 3.8) is 0 Å². The van der Waals surface area contributed by atoms with E-state index >= 15 is 4.39 Å². The Labute approximate surface area is 201 Å². The topological polar surface area (TPSA) is 55.0 Å².